The van der Waals surface area contributed by atoms with Crippen LogP contribution in [-0.2, 0) is 0 Å². The van der Waals surface area contributed by atoms with Crippen molar-refractivity contribution in [2.75, 3.05) is 0 Å². The molecule has 1 heterocycles. The van der Waals surface area contributed by atoms with Crippen LogP contribution in [0.15, 0.2) is 29.4 Å². The van der Waals surface area contributed by atoms with E-state index in [1.165, 1.54) is 41.0 Å². The van der Waals surface area contributed by atoms with Gasteiger partial charge in [0.25, 0.3) is 5.91 Å². The van der Waals surface area contributed by atoms with Gasteiger partial charge in [0, 0.05) is 5.56 Å². The summed E-state index contributed by atoms with van der Waals surface area (Å²) in [4.78, 5) is 11.6. The number of amides is 1. The lowest BCUT2D eigenvalue weighted by atomic mass is 10.2. The molecule has 0 aromatic heterocycles. The van der Waals surface area contributed by atoms with Crippen LogP contribution in [0.3, 0.4) is 0 Å². The van der Waals surface area contributed by atoms with Crippen molar-refractivity contribution in [1.82, 2.24) is 5.01 Å². The van der Waals surface area contributed by atoms with Gasteiger partial charge >= 0.3 is 0 Å². The summed E-state index contributed by atoms with van der Waals surface area (Å²) in [5.41, 5.74) is 5.99. The first-order chi connectivity index (χ1) is 7.90. The highest BCUT2D eigenvalue weighted by Crippen LogP contribution is 2.35. The zero-order chi connectivity index (χ0) is 12.6. The highest BCUT2D eigenvalue weighted by atomic mass is 32.2. The van der Waals surface area contributed by atoms with Crippen LogP contribution < -0.4 is 5.73 Å². The van der Waals surface area contributed by atoms with Gasteiger partial charge in [0.2, 0.25) is 0 Å². The molecule has 1 amide bonds. The number of hydrazone groups is 1. The standard InChI is InChI=1S/C11H12FN3OS/c1-11(2)15(14-10(13)17-11)9(16)7-3-5-8(12)6-4-7/h3-6H,1-2H3,(H2,13,14). The Morgan fingerprint density at radius 2 is 2.00 bits per heavy atom. The molecule has 0 spiro atoms. The van der Waals surface area contributed by atoms with E-state index in [2.05, 4.69) is 5.10 Å². The molecule has 0 aliphatic carbocycles. The van der Waals surface area contributed by atoms with Crippen LogP contribution >= 0.6 is 11.8 Å². The fourth-order valence-corrected chi connectivity index (χ4v) is 2.39. The Bertz CT molecular complexity index is 484. The van der Waals surface area contributed by atoms with Crippen LogP contribution in [0.5, 0.6) is 0 Å². The van der Waals surface area contributed by atoms with Gasteiger partial charge in [-0.1, -0.05) is 11.8 Å². The van der Waals surface area contributed by atoms with E-state index in [0.717, 1.165) is 0 Å². The molecule has 1 aromatic carbocycles. The van der Waals surface area contributed by atoms with Gasteiger partial charge in [-0.15, -0.1) is 5.10 Å². The van der Waals surface area contributed by atoms with Crippen molar-refractivity contribution in [3.05, 3.63) is 35.6 Å². The first-order valence-electron chi connectivity index (χ1n) is 5.03. The third-order valence-corrected chi connectivity index (χ3v) is 3.31. The van der Waals surface area contributed by atoms with E-state index in [4.69, 9.17) is 5.73 Å². The van der Waals surface area contributed by atoms with Crippen LogP contribution in [0.2, 0.25) is 0 Å². The van der Waals surface area contributed by atoms with Crippen molar-refractivity contribution in [3.8, 4) is 0 Å². The molecule has 6 heteroatoms. The molecule has 1 aromatic rings. The number of carbonyl (C=O) groups excluding carboxylic acids is 1. The fraction of sp³-hybridized carbons (Fsp3) is 0.273. The summed E-state index contributed by atoms with van der Waals surface area (Å²) in [6, 6.07) is 5.36. The van der Waals surface area contributed by atoms with Gasteiger partial charge in [0.05, 0.1) is 0 Å². The lowest BCUT2D eigenvalue weighted by Crippen LogP contribution is -2.38. The van der Waals surface area contributed by atoms with Crippen molar-refractivity contribution in [1.29, 1.82) is 0 Å². The van der Waals surface area contributed by atoms with Crippen LogP contribution in [0, 0.1) is 5.82 Å². The van der Waals surface area contributed by atoms with E-state index in [1.807, 2.05) is 13.8 Å². The van der Waals surface area contributed by atoms with Crippen molar-refractivity contribution in [2.24, 2.45) is 10.8 Å². The summed E-state index contributed by atoms with van der Waals surface area (Å²) >= 11 is 1.32. The van der Waals surface area contributed by atoms with Crippen molar-refractivity contribution < 1.29 is 9.18 Å². The smallest absolute Gasteiger partial charge is 0.275 e. The van der Waals surface area contributed by atoms with Crippen molar-refractivity contribution in [3.63, 3.8) is 0 Å². The molecule has 2 rings (SSSR count). The molecule has 17 heavy (non-hydrogen) atoms. The zero-order valence-corrected chi connectivity index (χ0v) is 10.3. The van der Waals surface area contributed by atoms with E-state index < -0.39 is 4.87 Å². The van der Waals surface area contributed by atoms with Crippen LogP contribution in [-0.4, -0.2) is 21.0 Å². The summed E-state index contributed by atoms with van der Waals surface area (Å²) in [7, 11) is 0. The summed E-state index contributed by atoms with van der Waals surface area (Å²) in [6.07, 6.45) is 0. The number of benzene rings is 1. The summed E-state index contributed by atoms with van der Waals surface area (Å²) in [5, 5.41) is 5.66. The molecule has 0 fully saturated rings. The predicted molar refractivity (Wildman–Crippen MR) is 65.9 cm³/mol. The van der Waals surface area contributed by atoms with E-state index in [1.54, 1.807) is 0 Å². The molecular weight excluding hydrogens is 241 g/mol. The molecule has 4 nitrogen and oxygen atoms in total. The Kier molecular flexibility index (Phi) is 2.82. The van der Waals surface area contributed by atoms with Gasteiger partial charge < -0.3 is 5.73 Å². The topological polar surface area (TPSA) is 58.7 Å². The van der Waals surface area contributed by atoms with Crippen LogP contribution in [0.1, 0.15) is 24.2 Å². The average Bonchev–Trinajstić information content (AvgIpc) is 2.52. The van der Waals surface area contributed by atoms with Gasteiger partial charge in [-0.3, -0.25) is 4.79 Å². The summed E-state index contributed by atoms with van der Waals surface area (Å²) in [6.45, 7) is 3.70. The van der Waals surface area contributed by atoms with Crippen molar-refractivity contribution >= 4 is 22.8 Å². The number of nitrogens with two attached hydrogens (primary N) is 1. The molecule has 2 N–H and O–H groups in total. The molecule has 1 aliphatic rings. The number of carbonyl (C=O) groups is 1. The maximum absolute atomic E-state index is 12.8. The van der Waals surface area contributed by atoms with Crippen LogP contribution in [0.25, 0.3) is 0 Å². The molecule has 0 unspecified atom stereocenters. The van der Waals surface area contributed by atoms with E-state index in [-0.39, 0.29) is 11.7 Å². The minimum atomic E-state index is -0.518. The maximum atomic E-state index is 12.8. The Labute approximate surface area is 103 Å². The highest BCUT2D eigenvalue weighted by Gasteiger charge is 2.38. The number of hydrogen-bond donors (Lipinski definition) is 1. The van der Waals surface area contributed by atoms with Crippen molar-refractivity contribution in [2.45, 2.75) is 18.7 Å². The van der Waals surface area contributed by atoms with E-state index in [9.17, 15) is 9.18 Å². The zero-order valence-electron chi connectivity index (χ0n) is 9.48. The Hall–Kier alpha value is -1.56. The molecule has 0 atom stereocenters. The van der Waals surface area contributed by atoms with Gasteiger partial charge in [0.1, 0.15) is 10.7 Å². The molecule has 0 bridgehead atoms. The van der Waals surface area contributed by atoms with Gasteiger partial charge in [-0.05, 0) is 38.1 Å². The summed E-state index contributed by atoms with van der Waals surface area (Å²) < 4.78 is 12.8. The average molecular weight is 253 g/mol. The SMILES string of the molecule is CC1(C)SC(N)=NN1C(=O)c1ccc(F)cc1. The summed E-state index contributed by atoms with van der Waals surface area (Å²) in [5.74, 6) is -0.664. The first kappa shape index (κ1) is 11.9. The predicted octanol–water partition coefficient (Wildman–Crippen LogP) is 1.98. The maximum Gasteiger partial charge on any atom is 0.275 e. The third kappa shape index (κ3) is 2.26. The van der Waals surface area contributed by atoms with Gasteiger partial charge in [-0.25, -0.2) is 9.40 Å². The minimum absolute atomic E-state index is 0.289. The Balaban J connectivity index is 2.29. The first-order valence-corrected chi connectivity index (χ1v) is 5.85. The monoisotopic (exact) mass is 253 g/mol. The highest BCUT2D eigenvalue weighted by molar-refractivity contribution is 8.15. The molecule has 1 aliphatic heterocycles. The molecule has 90 valence electrons. The Morgan fingerprint density at radius 3 is 2.47 bits per heavy atom. The third-order valence-electron chi connectivity index (χ3n) is 2.35. The quantitative estimate of drug-likeness (QED) is 0.832. The second-order valence-electron chi connectivity index (χ2n) is 4.11. The second-order valence-corrected chi connectivity index (χ2v) is 5.73. The van der Waals surface area contributed by atoms with E-state index in [0.29, 0.717) is 10.7 Å². The Morgan fingerprint density at radius 1 is 1.41 bits per heavy atom. The van der Waals surface area contributed by atoms with Crippen LogP contribution in [0.4, 0.5) is 4.39 Å². The molecule has 0 radical (unpaired) electrons. The largest absolute Gasteiger partial charge is 0.377 e. The lowest BCUT2D eigenvalue weighted by Gasteiger charge is -2.26. The van der Waals surface area contributed by atoms with Gasteiger partial charge in [0.15, 0.2) is 5.17 Å². The number of thioether (sulfide) groups is 1. The number of nitrogens with zero attached hydrogens (tertiary/aromatic N) is 2. The molecule has 0 saturated heterocycles. The molecular formula is C11H12FN3OS. The minimum Gasteiger partial charge on any atom is -0.377 e. The van der Waals surface area contributed by atoms with Gasteiger partial charge in [-0.2, -0.15) is 0 Å². The van der Waals surface area contributed by atoms with E-state index >= 15 is 0 Å². The second kappa shape index (κ2) is 4.03. The lowest BCUT2D eigenvalue weighted by molar-refractivity contribution is 0.0691. The molecule has 0 saturated carbocycles. The number of hydrogen-bond acceptors (Lipinski definition) is 4. The number of amidine groups is 1. The normalized spacial score (nSPS) is 18.1. The number of rotatable bonds is 1. The fourth-order valence-electron chi connectivity index (χ4n) is 1.54. The number of halogens is 1.